The molecule has 2 unspecified atom stereocenters. The molecule has 0 amide bonds. The van der Waals surface area contributed by atoms with Crippen molar-refractivity contribution in [1.29, 1.82) is 0 Å². The van der Waals surface area contributed by atoms with E-state index in [2.05, 4.69) is 10.1 Å². The third kappa shape index (κ3) is 2.67. The average Bonchev–Trinajstić information content (AvgIpc) is 2.64. The van der Waals surface area contributed by atoms with Crippen molar-refractivity contribution in [3.05, 3.63) is 9.72 Å². The molecule has 2 atom stereocenters. The maximum atomic E-state index is 12.6. The zero-order chi connectivity index (χ0) is 11.8. The third-order valence-electron chi connectivity index (χ3n) is 2.90. The molecule has 0 aliphatic heterocycles. The van der Waals surface area contributed by atoms with Crippen LogP contribution >= 0.6 is 22.6 Å². The van der Waals surface area contributed by atoms with Crippen LogP contribution in [0.4, 0.5) is 13.2 Å². The Bertz CT molecular complexity index is 366. The summed E-state index contributed by atoms with van der Waals surface area (Å²) in [6.07, 6.45) is -2.56. The normalized spacial score (nSPS) is 27.0. The Hall–Kier alpha value is -0.340. The van der Waals surface area contributed by atoms with Crippen molar-refractivity contribution in [2.75, 3.05) is 0 Å². The van der Waals surface area contributed by atoms with Crippen LogP contribution in [0.2, 0.25) is 0 Å². The quantitative estimate of drug-likeness (QED) is 0.731. The number of hydrogen-bond donors (Lipinski definition) is 0. The van der Waals surface area contributed by atoms with E-state index in [1.165, 1.54) is 0 Å². The molecular formula is C9H10F3IN2O. The molecule has 1 saturated carbocycles. The van der Waals surface area contributed by atoms with Gasteiger partial charge < -0.3 is 4.52 Å². The first-order chi connectivity index (χ1) is 7.47. The highest BCUT2D eigenvalue weighted by Crippen LogP contribution is 2.43. The van der Waals surface area contributed by atoms with E-state index >= 15 is 0 Å². The lowest BCUT2D eigenvalue weighted by Crippen LogP contribution is -2.28. The minimum atomic E-state index is -4.11. The molecule has 1 aliphatic rings. The highest BCUT2D eigenvalue weighted by molar-refractivity contribution is 14.1. The Morgan fingerprint density at radius 3 is 2.62 bits per heavy atom. The van der Waals surface area contributed by atoms with Gasteiger partial charge in [-0.25, -0.2) is 0 Å². The molecule has 1 aromatic heterocycles. The molecule has 0 saturated heterocycles. The lowest BCUT2D eigenvalue weighted by Gasteiger charge is -2.28. The molecule has 0 N–H and O–H groups in total. The lowest BCUT2D eigenvalue weighted by molar-refractivity contribution is -0.183. The fraction of sp³-hybridized carbons (Fsp3) is 0.778. The summed E-state index contributed by atoms with van der Waals surface area (Å²) in [5.74, 6) is -1.12. The highest BCUT2D eigenvalue weighted by atomic mass is 127. The molecular weight excluding hydrogens is 336 g/mol. The number of alkyl halides is 3. The Labute approximate surface area is 104 Å². The largest absolute Gasteiger partial charge is 0.391 e. The Morgan fingerprint density at radius 2 is 2.06 bits per heavy atom. The molecule has 1 aliphatic carbocycles. The van der Waals surface area contributed by atoms with E-state index in [9.17, 15) is 13.2 Å². The van der Waals surface area contributed by atoms with E-state index in [0.717, 1.165) is 0 Å². The second-order valence-electron chi connectivity index (χ2n) is 4.00. The number of nitrogens with zero attached hydrogens (tertiary/aromatic N) is 2. The number of halogens is 4. The van der Waals surface area contributed by atoms with Crippen molar-refractivity contribution >= 4 is 22.6 Å². The van der Waals surface area contributed by atoms with E-state index in [-0.39, 0.29) is 18.8 Å². The van der Waals surface area contributed by atoms with Crippen molar-refractivity contribution in [3.63, 3.8) is 0 Å². The first-order valence-corrected chi connectivity index (χ1v) is 6.10. The van der Waals surface area contributed by atoms with E-state index in [4.69, 9.17) is 4.52 Å². The second-order valence-corrected chi connectivity index (χ2v) is 4.97. The van der Waals surface area contributed by atoms with Gasteiger partial charge in [0.2, 0.25) is 9.72 Å². The van der Waals surface area contributed by atoms with Gasteiger partial charge in [0.25, 0.3) is 0 Å². The van der Waals surface area contributed by atoms with Gasteiger partial charge in [0, 0.05) is 28.5 Å². The fourth-order valence-electron chi connectivity index (χ4n) is 2.09. The summed E-state index contributed by atoms with van der Waals surface area (Å²) in [7, 11) is 0. The molecule has 1 aromatic rings. The van der Waals surface area contributed by atoms with Crippen LogP contribution in [-0.2, 0) is 0 Å². The van der Waals surface area contributed by atoms with Gasteiger partial charge >= 0.3 is 6.18 Å². The van der Waals surface area contributed by atoms with Gasteiger partial charge in [-0.05, 0) is 19.3 Å². The van der Waals surface area contributed by atoms with Gasteiger partial charge in [0.05, 0.1) is 5.92 Å². The smallest absolute Gasteiger partial charge is 0.338 e. The van der Waals surface area contributed by atoms with Gasteiger partial charge in [-0.2, -0.15) is 18.2 Å². The van der Waals surface area contributed by atoms with Crippen LogP contribution in [0.3, 0.4) is 0 Å². The minimum Gasteiger partial charge on any atom is -0.338 e. The van der Waals surface area contributed by atoms with Gasteiger partial charge in [0.1, 0.15) is 0 Å². The average molecular weight is 346 g/mol. The molecule has 0 spiro atoms. The summed E-state index contributed by atoms with van der Waals surface area (Å²) < 4.78 is 43.1. The highest BCUT2D eigenvalue weighted by Gasteiger charge is 2.43. The Kier molecular flexibility index (Phi) is 3.41. The minimum absolute atomic E-state index is 0.0712. The fourth-order valence-corrected chi connectivity index (χ4v) is 2.43. The first kappa shape index (κ1) is 12.1. The van der Waals surface area contributed by atoms with Crippen LogP contribution in [-0.4, -0.2) is 16.3 Å². The zero-order valence-electron chi connectivity index (χ0n) is 8.30. The van der Waals surface area contributed by atoms with Crippen molar-refractivity contribution in [1.82, 2.24) is 10.1 Å². The van der Waals surface area contributed by atoms with Crippen molar-refractivity contribution < 1.29 is 17.7 Å². The van der Waals surface area contributed by atoms with Crippen LogP contribution in [0.5, 0.6) is 0 Å². The third-order valence-corrected chi connectivity index (χ3v) is 3.34. The topological polar surface area (TPSA) is 38.9 Å². The Balaban J connectivity index is 2.07. The molecule has 3 nitrogen and oxygen atoms in total. The molecule has 1 heterocycles. The van der Waals surface area contributed by atoms with Crippen LogP contribution in [0.1, 0.15) is 37.5 Å². The van der Waals surface area contributed by atoms with Crippen LogP contribution in [0, 0.1) is 9.75 Å². The van der Waals surface area contributed by atoms with E-state index < -0.39 is 12.1 Å². The molecule has 0 aromatic carbocycles. The monoisotopic (exact) mass is 346 g/mol. The molecule has 2 rings (SSSR count). The summed E-state index contributed by atoms with van der Waals surface area (Å²) in [4.78, 5) is 3.99. The van der Waals surface area contributed by atoms with Crippen molar-refractivity contribution in [3.8, 4) is 0 Å². The predicted octanol–water partition coefficient (Wildman–Crippen LogP) is 3.51. The van der Waals surface area contributed by atoms with E-state index in [1.807, 2.05) is 22.6 Å². The summed E-state index contributed by atoms with van der Waals surface area (Å²) in [6, 6.07) is 0. The van der Waals surface area contributed by atoms with Crippen LogP contribution in [0.25, 0.3) is 0 Å². The molecule has 7 heteroatoms. The van der Waals surface area contributed by atoms with E-state index in [0.29, 0.717) is 22.6 Å². The Morgan fingerprint density at radius 1 is 1.31 bits per heavy atom. The van der Waals surface area contributed by atoms with Gasteiger partial charge in [-0.1, -0.05) is 11.6 Å². The van der Waals surface area contributed by atoms with Crippen LogP contribution in [0.15, 0.2) is 4.52 Å². The second kappa shape index (κ2) is 4.50. The molecule has 16 heavy (non-hydrogen) atoms. The molecule has 1 fully saturated rings. The molecule has 90 valence electrons. The number of rotatable bonds is 1. The molecule has 0 radical (unpaired) electrons. The summed E-state index contributed by atoms with van der Waals surface area (Å²) >= 11 is 1.88. The van der Waals surface area contributed by atoms with Gasteiger partial charge in [0.15, 0.2) is 0 Å². The number of hydrogen-bond acceptors (Lipinski definition) is 3. The first-order valence-electron chi connectivity index (χ1n) is 5.02. The lowest BCUT2D eigenvalue weighted by atomic mass is 9.81. The van der Waals surface area contributed by atoms with E-state index in [1.54, 1.807) is 0 Å². The summed E-state index contributed by atoms with van der Waals surface area (Å²) in [5, 5.41) is 3.60. The maximum Gasteiger partial charge on any atom is 0.391 e. The SMILES string of the molecule is FC(F)(F)C1CCCC(c2nc(I)no2)C1. The van der Waals surface area contributed by atoms with Crippen molar-refractivity contribution in [2.45, 2.75) is 37.8 Å². The van der Waals surface area contributed by atoms with Gasteiger partial charge in [-0.3, -0.25) is 0 Å². The standard InChI is InChI=1S/C9H10F3IN2O/c10-9(11,12)6-3-1-2-5(4-6)7-14-8(13)15-16-7/h5-6H,1-4H2. The number of aromatic nitrogens is 2. The summed E-state index contributed by atoms with van der Waals surface area (Å²) in [6.45, 7) is 0. The zero-order valence-corrected chi connectivity index (χ0v) is 10.5. The van der Waals surface area contributed by atoms with Gasteiger partial charge in [-0.15, -0.1) is 0 Å². The summed E-state index contributed by atoms with van der Waals surface area (Å²) in [5.41, 5.74) is 0. The molecule has 0 bridgehead atoms. The maximum absolute atomic E-state index is 12.6. The van der Waals surface area contributed by atoms with Crippen molar-refractivity contribution in [2.24, 2.45) is 5.92 Å². The van der Waals surface area contributed by atoms with Crippen LogP contribution < -0.4 is 0 Å². The predicted molar refractivity (Wildman–Crippen MR) is 57.8 cm³/mol.